The lowest BCUT2D eigenvalue weighted by Gasteiger charge is -2.28. The van der Waals surface area contributed by atoms with E-state index in [-0.39, 0.29) is 10.3 Å². The number of fused-ring (bicyclic) bond motifs is 1. The molecule has 0 radical (unpaired) electrons. The summed E-state index contributed by atoms with van der Waals surface area (Å²) in [6.07, 6.45) is 1.98. The van der Waals surface area contributed by atoms with Crippen LogP contribution in [0.5, 0.6) is 0 Å². The Morgan fingerprint density at radius 1 is 1.12 bits per heavy atom. The first-order valence-electron chi connectivity index (χ1n) is 11.7. The minimum atomic E-state index is -3.60. The average molecular weight is 479 g/mol. The standard InChI is InChI=1S/C25H27N5O3S/c1-25(2)17-26-16-19-7-6-18(14-22(19)25)23-8-9-27-24(29-23)28-20-4-3-5-21(15-20)34(31,32)30-10-12-33-13-11-30/h3-9,14-16H,10-13,17H2,1-2H3,(H,27,28,29)/i16D. The van der Waals surface area contributed by atoms with Gasteiger partial charge in [0.2, 0.25) is 16.0 Å². The van der Waals surface area contributed by atoms with Gasteiger partial charge >= 0.3 is 0 Å². The van der Waals surface area contributed by atoms with Crippen LogP contribution >= 0.6 is 0 Å². The Bertz CT molecular complexity index is 1400. The Morgan fingerprint density at radius 2 is 1.94 bits per heavy atom. The number of rotatable bonds is 5. The first kappa shape index (κ1) is 21.4. The zero-order valence-electron chi connectivity index (χ0n) is 20.2. The lowest BCUT2D eigenvalue weighted by molar-refractivity contribution is 0.0730. The number of aliphatic imine (C=N–C) groups is 1. The van der Waals surface area contributed by atoms with Gasteiger partial charge in [-0.2, -0.15) is 4.31 Å². The van der Waals surface area contributed by atoms with Crippen LogP contribution in [0.25, 0.3) is 11.3 Å². The van der Waals surface area contributed by atoms with E-state index in [1.54, 1.807) is 30.5 Å². The molecule has 0 amide bonds. The molecular weight excluding hydrogens is 450 g/mol. The second kappa shape index (κ2) is 8.90. The lowest BCUT2D eigenvalue weighted by Crippen LogP contribution is -2.40. The summed E-state index contributed by atoms with van der Waals surface area (Å²) >= 11 is 0. The highest BCUT2D eigenvalue weighted by atomic mass is 32.2. The number of hydrogen-bond donors (Lipinski definition) is 1. The van der Waals surface area contributed by atoms with Crippen LogP contribution in [0, 0.1) is 0 Å². The van der Waals surface area contributed by atoms with E-state index < -0.39 is 10.0 Å². The van der Waals surface area contributed by atoms with Crippen molar-refractivity contribution in [1.29, 1.82) is 0 Å². The third-order valence-electron chi connectivity index (χ3n) is 6.07. The van der Waals surface area contributed by atoms with Crippen LogP contribution in [0.1, 0.15) is 26.3 Å². The maximum absolute atomic E-state index is 13.0. The minimum Gasteiger partial charge on any atom is -0.379 e. The van der Waals surface area contributed by atoms with E-state index in [4.69, 9.17) is 6.11 Å². The van der Waals surface area contributed by atoms with E-state index in [0.29, 0.717) is 50.7 Å². The summed E-state index contributed by atoms with van der Waals surface area (Å²) in [4.78, 5) is 13.5. The van der Waals surface area contributed by atoms with E-state index in [9.17, 15) is 8.42 Å². The smallest absolute Gasteiger partial charge is 0.243 e. The maximum Gasteiger partial charge on any atom is 0.243 e. The van der Waals surface area contributed by atoms with E-state index in [2.05, 4.69) is 40.2 Å². The van der Waals surface area contributed by atoms with Gasteiger partial charge in [-0.1, -0.05) is 32.0 Å². The van der Waals surface area contributed by atoms with Crippen molar-refractivity contribution in [3.05, 3.63) is 65.9 Å². The molecule has 5 rings (SSSR count). The van der Waals surface area contributed by atoms with Gasteiger partial charge < -0.3 is 10.1 Å². The second-order valence-electron chi connectivity index (χ2n) is 9.01. The molecular formula is C25H27N5O3S. The van der Waals surface area contributed by atoms with Gasteiger partial charge in [0.25, 0.3) is 0 Å². The molecule has 0 aliphatic carbocycles. The van der Waals surface area contributed by atoms with E-state index in [1.807, 2.05) is 18.2 Å². The molecule has 9 heteroatoms. The molecule has 0 bridgehead atoms. The van der Waals surface area contributed by atoms with Crippen LogP contribution in [-0.2, 0) is 20.2 Å². The quantitative estimate of drug-likeness (QED) is 0.602. The Hall–Kier alpha value is -3.14. The first-order chi connectivity index (χ1) is 16.7. The van der Waals surface area contributed by atoms with Gasteiger partial charge in [0.1, 0.15) is 0 Å². The van der Waals surface area contributed by atoms with Crippen molar-refractivity contribution in [2.45, 2.75) is 24.2 Å². The highest BCUT2D eigenvalue weighted by Crippen LogP contribution is 2.33. The molecule has 1 saturated heterocycles. The number of hydrogen-bond acceptors (Lipinski definition) is 7. The minimum absolute atomic E-state index is 0.170. The number of nitrogens with zero attached hydrogens (tertiary/aromatic N) is 4. The van der Waals surface area contributed by atoms with Crippen LogP contribution in [0.3, 0.4) is 0 Å². The Kier molecular flexibility index (Phi) is 5.60. The summed E-state index contributed by atoms with van der Waals surface area (Å²) in [5.41, 5.74) is 3.97. The van der Waals surface area contributed by atoms with Gasteiger partial charge in [0.15, 0.2) is 0 Å². The molecule has 2 aliphatic heterocycles. The lowest BCUT2D eigenvalue weighted by atomic mass is 9.79. The van der Waals surface area contributed by atoms with Crippen LogP contribution in [-0.4, -0.2) is 61.7 Å². The third-order valence-corrected chi connectivity index (χ3v) is 7.97. The molecule has 0 unspecified atom stereocenters. The number of aromatic nitrogens is 2. The number of nitrogens with one attached hydrogen (secondary N) is 1. The van der Waals surface area contributed by atoms with E-state index in [0.717, 1.165) is 22.4 Å². The van der Waals surface area contributed by atoms with Gasteiger partial charge in [0.05, 0.1) is 25.2 Å². The van der Waals surface area contributed by atoms with Gasteiger partial charge in [-0.15, -0.1) is 0 Å². The molecule has 1 fully saturated rings. The molecule has 3 aromatic rings. The monoisotopic (exact) mass is 478 g/mol. The summed E-state index contributed by atoms with van der Waals surface area (Å²) in [7, 11) is -3.60. The highest BCUT2D eigenvalue weighted by Gasteiger charge is 2.27. The van der Waals surface area contributed by atoms with Gasteiger partial charge in [-0.05, 0) is 41.5 Å². The molecule has 8 nitrogen and oxygen atoms in total. The fraction of sp³-hybridized carbons (Fsp3) is 0.320. The summed E-state index contributed by atoms with van der Waals surface area (Å²) in [6, 6.07) is 14.4. The Balaban J connectivity index is 1.41. The van der Waals surface area contributed by atoms with Crippen molar-refractivity contribution >= 4 is 27.8 Å². The molecule has 1 N–H and O–H groups in total. The van der Waals surface area contributed by atoms with Crippen LogP contribution in [0.4, 0.5) is 11.6 Å². The number of morpholine rings is 1. The Morgan fingerprint density at radius 3 is 2.76 bits per heavy atom. The predicted molar refractivity (Wildman–Crippen MR) is 132 cm³/mol. The highest BCUT2D eigenvalue weighted by molar-refractivity contribution is 7.89. The van der Waals surface area contributed by atoms with Crippen molar-refractivity contribution in [1.82, 2.24) is 14.3 Å². The number of benzene rings is 2. The molecule has 3 heterocycles. The molecule has 0 saturated carbocycles. The largest absolute Gasteiger partial charge is 0.379 e. The molecule has 0 atom stereocenters. The maximum atomic E-state index is 13.0. The normalized spacial score (nSPS) is 18.5. The number of sulfonamides is 1. The number of anilines is 2. The van der Waals surface area contributed by atoms with Crippen molar-refractivity contribution in [3.63, 3.8) is 0 Å². The Labute approximate surface area is 201 Å². The zero-order valence-corrected chi connectivity index (χ0v) is 20.0. The van der Waals surface area contributed by atoms with Crippen LogP contribution < -0.4 is 5.32 Å². The molecule has 1 aromatic heterocycles. The van der Waals surface area contributed by atoms with Crippen molar-refractivity contribution in [3.8, 4) is 11.3 Å². The summed E-state index contributed by atoms with van der Waals surface area (Å²) in [5.74, 6) is 0.364. The third kappa shape index (κ3) is 4.46. The second-order valence-corrected chi connectivity index (χ2v) is 10.9. The van der Waals surface area contributed by atoms with Crippen molar-refractivity contribution < 1.29 is 14.5 Å². The predicted octanol–water partition coefficient (Wildman–Crippen LogP) is 3.62. The number of ether oxygens (including phenoxy) is 1. The molecule has 2 aliphatic rings. The van der Waals surface area contributed by atoms with Crippen molar-refractivity contribution in [2.75, 3.05) is 38.2 Å². The van der Waals surface area contributed by atoms with E-state index in [1.165, 1.54) is 4.31 Å². The summed E-state index contributed by atoms with van der Waals surface area (Å²) in [6.45, 7) is 6.29. The molecule has 2 aromatic carbocycles. The molecule has 34 heavy (non-hydrogen) atoms. The SMILES string of the molecule is [2H]C1=NCC(C)(C)c2cc(-c3ccnc(Nc4cccc(S(=O)(=O)N5CCOCC5)c4)n3)ccc21. The van der Waals surface area contributed by atoms with Crippen LogP contribution in [0.15, 0.2) is 64.6 Å². The van der Waals surface area contributed by atoms with Gasteiger partial charge in [0, 0.05) is 48.7 Å². The fourth-order valence-electron chi connectivity index (χ4n) is 4.15. The van der Waals surface area contributed by atoms with Crippen molar-refractivity contribution in [2.24, 2.45) is 4.99 Å². The zero-order chi connectivity index (χ0) is 24.6. The fourth-order valence-corrected chi connectivity index (χ4v) is 5.60. The van der Waals surface area contributed by atoms with Gasteiger partial charge in [-0.3, -0.25) is 4.99 Å². The van der Waals surface area contributed by atoms with Crippen LogP contribution in [0.2, 0.25) is 0 Å². The summed E-state index contributed by atoms with van der Waals surface area (Å²) in [5, 5.41) is 3.14. The summed E-state index contributed by atoms with van der Waals surface area (Å²) < 4.78 is 40.9. The van der Waals surface area contributed by atoms with E-state index >= 15 is 0 Å². The molecule has 176 valence electrons. The van der Waals surface area contributed by atoms with Gasteiger partial charge in [-0.25, -0.2) is 18.4 Å². The average Bonchev–Trinajstić information content (AvgIpc) is 2.87. The first-order valence-corrected chi connectivity index (χ1v) is 12.6. The topological polar surface area (TPSA) is 96.8 Å². The molecule has 0 spiro atoms.